The summed E-state index contributed by atoms with van der Waals surface area (Å²) in [6.07, 6.45) is 0. The molecule has 59 valence electrons. The van der Waals surface area contributed by atoms with E-state index in [1.165, 1.54) is 0 Å². The van der Waals surface area contributed by atoms with Gasteiger partial charge in [-0.3, -0.25) is 0 Å². The predicted molar refractivity (Wildman–Crippen MR) is 43.0 cm³/mol. The summed E-state index contributed by atoms with van der Waals surface area (Å²) in [5, 5.41) is 0. The number of hydrogen-bond acceptors (Lipinski definition) is 2. The lowest BCUT2D eigenvalue weighted by molar-refractivity contribution is 0.597. The molecular weight excluding hydrogens is 160 g/mol. The van der Waals surface area contributed by atoms with E-state index < -0.39 is 9.84 Å². The van der Waals surface area contributed by atoms with E-state index in [-0.39, 0.29) is 5.75 Å². The van der Waals surface area contributed by atoms with Crippen LogP contribution in [0.15, 0.2) is 29.2 Å². The van der Waals surface area contributed by atoms with Gasteiger partial charge >= 0.3 is 0 Å². The van der Waals surface area contributed by atoms with E-state index in [2.05, 4.69) is 6.07 Å². The summed E-state index contributed by atoms with van der Waals surface area (Å²) in [6, 6.07) is 9.07. The van der Waals surface area contributed by atoms with Crippen LogP contribution in [0.4, 0.5) is 0 Å². The molecule has 3 heteroatoms. The van der Waals surface area contributed by atoms with Gasteiger partial charge in [-0.15, -0.1) is 0 Å². The van der Waals surface area contributed by atoms with Gasteiger partial charge in [0.25, 0.3) is 0 Å². The minimum absolute atomic E-state index is 0.150. The van der Waals surface area contributed by atoms with Crippen molar-refractivity contribution in [1.29, 1.82) is 0 Å². The van der Waals surface area contributed by atoms with Crippen molar-refractivity contribution in [3.05, 3.63) is 30.3 Å². The van der Waals surface area contributed by atoms with E-state index in [1.54, 1.807) is 31.2 Å². The Morgan fingerprint density at radius 2 is 1.91 bits per heavy atom. The first-order chi connectivity index (χ1) is 5.17. The predicted octanol–water partition coefficient (Wildman–Crippen LogP) is 1.28. The number of rotatable bonds is 2. The second kappa shape index (κ2) is 3.05. The van der Waals surface area contributed by atoms with Gasteiger partial charge < -0.3 is 0 Å². The van der Waals surface area contributed by atoms with Crippen molar-refractivity contribution in [2.75, 3.05) is 5.75 Å². The second-order valence-corrected chi connectivity index (χ2v) is 4.42. The fourth-order valence-electron chi connectivity index (χ4n) is 0.746. The van der Waals surface area contributed by atoms with Crippen LogP contribution >= 0.6 is 0 Å². The van der Waals surface area contributed by atoms with Gasteiger partial charge in [-0.1, -0.05) is 19.1 Å². The highest BCUT2D eigenvalue weighted by atomic mass is 32.2. The third-order valence-electron chi connectivity index (χ3n) is 1.43. The Balaban J connectivity index is 3.14. The van der Waals surface area contributed by atoms with E-state index in [0.717, 1.165) is 0 Å². The molecule has 0 aliphatic carbocycles. The summed E-state index contributed by atoms with van der Waals surface area (Å²) in [4.78, 5) is 0.374. The van der Waals surface area contributed by atoms with Crippen LogP contribution in [-0.2, 0) is 9.84 Å². The molecule has 0 aromatic heterocycles. The molecule has 0 saturated carbocycles. The summed E-state index contributed by atoms with van der Waals surface area (Å²) >= 11 is 0. The maximum atomic E-state index is 11.2. The maximum Gasteiger partial charge on any atom is 0.178 e. The Hall–Kier alpha value is -0.830. The van der Waals surface area contributed by atoms with E-state index in [4.69, 9.17) is 0 Å². The SMILES string of the molecule is CCS(=O)(=O)c1cc[c]cc1. The first-order valence-electron chi connectivity index (χ1n) is 3.35. The highest BCUT2D eigenvalue weighted by molar-refractivity contribution is 7.91. The third-order valence-corrected chi connectivity index (χ3v) is 3.18. The maximum absolute atomic E-state index is 11.2. The van der Waals surface area contributed by atoms with Crippen LogP contribution in [0.25, 0.3) is 0 Å². The van der Waals surface area contributed by atoms with Crippen LogP contribution in [0.2, 0.25) is 0 Å². The van der Waals surface area contributed by atoms with Crippen LogP contribution in [0.3, 0.4) is 0 Å². The molecule has 1 radical (unpaired) electrons. The van der Waals surface area contributed by atoms with Crippen molar-refractivity contribution < 1.29 is 8.42 Å². The fourth-order valence-corrected chi connectivity index (χ4v) is 1.63. The average Bonchev–Trinajstić information content (AvgIpc) is 2.06. The van der Waals surface area contributed by atoms with Gasteiger partial charge in [0, 0.05) is 0 Å². The Morgan fingerprint density at radius 1 is 1.36 bits per heavy atom. The van der Waals surface area contributed by atoms with Crippen molar-refractivity contribution in [1.82, 2.24) is 0 Å². The van der Waals surface area contributed by atoms with Gasteiger partial charge in [0.2, 0.25) is 0 Å². The fraction of sp³-hybridized carbons (Fsp3) is 0.250. The molecule has 0 aliphatic heterocycles. The third kappa shape index (κ3) is 1.80. The van der Waals surface area contributed by atoms with E-state index in [9.17, 15) is 8.42 Å². The highest BCUT2D eigenvalue weighted by Gasteiger charge is 2.08. The smallest absolute Gasteiger partial charge is 0.178 e. The molecule has 0 fully saturated rings. The Kier molecular flexibility index (Phi) is 2.29. The van der Waals surface area contributed by atoms with Crippen molar-refractivity contribution in [3.8, 4) is 0 Å². The average molecular weight is 169 g/mol. The highest BCUT2D eigenvalue weighted by Crippen LogP contribution is 2.08. The van der Waals surface area contributed by atoms with Crippen LogP contribution in [0.5, 0.6) is 0 Å². The zero-order valence-corrected chi connectivity index (χ0v) is 7.06. The van der Waals surface area contributed by atoms with Gasteiger partial charge in [-0.2, -0.15) is 0 Å². The molecule has 0 amide bonds. The molecule has 1 aromatic carbocycles. The molecule has 0 atom stereocenters. The molecule has 11 heavy (non-hydrogen) atoms. The first kappa shape index (κ1) is 8.27. The topological polar surface area (TPSA) is 34.1 Å². The van der Waals surface area contributed by atoms with Gasteiger partial charge in [0.1, 0.15) is 0 Å². The first-order valence-corrected chi connectivity index (χ1v) is 5.01. The molecule has 0 aliphatic rings. The molecule has 1 aromatic rings. The van der Waals surface area contributed by atoms with Gasteiger partial charge in [-0.25, -0.2) is 8.42 Å². The second-order valence-electron chi connectivity index (χ2n) is 2.14. The molecule has 0 saturated heterocycles. The standard InChI is InChI=1S/C8H9O2S/c1-2-11(9,10)8-6-4-3-5-7-8/h4-7H,2H2,1H3. The van der Waals surface area contributed by atoms with Crippen LogP contribution < -0.4 is 0 Å². The number of benzene rings is 1. The van der Waals surface area contributed by atoms with E-state index in [0.29, 0.717) is 4.90 Å². The molecule has 2 nitrogen and oxygen atoms in total. The summed E-state index contributed by atoms with van der Waals surface area (Å²) < 4.78 is 22.4. The Bertz CT molecular complexity index is 313. The normalized spacial score (nSPS) is 11.4. The summed E-state index contributed by atoms with van der Waals surface area (Å²) in [5.41, 5.74) is 0. The lowest BCUT2D eigenvalue weighted by Crippen LogP contribution is -2.02. The Labute approximate surface area is 66.8 Å². The summed E-state index contributed by atoms with van der Waals surface area (Å²) in [5.74, 6) is 0.150. The zero-order chi connectivity index (χ0) is 8.32. The monoisotopic (exact) mass is 169 g/mol. The minimum atomic E-state index is -3.02. The van der Waals surface area contributed by atoms with Gasteiger partial charge in [-0.05, 0) is 18.2 Å². The van der Waals surface area contributed by atoms with E-state index >= 15 is 0 Å². The van der Waals surface area contributed by atoms with Gasteiger partial charge in [0.15, 0.2) is 9.84 Å². The molecule has 0 bridgehead atoms. The number of sulfone groups is 1. The van der Waals surface area contributed by atoms with Crippen molar-refractivity contribution in [2.45, 2.75) is 11.8 Å². The molecule has 0 heterocycles. The largest absolute Gasteiger partial charge is 0.224 e. The van der Waals surface area contributed by atoms with Crippen LogP contribution in [0, 0.1) is 6.07 Å². The lowest BCUT2D eigenvalue weighted by atomic mass is 10.4. The van der Waals surface area contributed by atoms with Crippen molar-refractivity contribution in [2.24, 2.45) is 0 Å². The van der Waals surface area contributed by atoms with Crippen molar-refractivity contribution >= 4 is 9.84 Å². The summed E-state index contributed by atoms with van der Waals surface area (Å²) in [6.45, 7) is 1.63. The quantitative estimate of drug-likeness (QED) is 0.668. The van der Waals surface area contributed by atoms with Gasteiger partial charge in [0.05, 0.1) is 10.6 Å². The minimum Gasteiger partial charge on any atom is -0.224 e. The van der Waals surface area contributed by atoms with Crippen LogP contribution in [-0.4, -0.2) is 14.2 Å². The molecular formula is C8H9O2S. The number of hydrogen-bond donors (Lipinski definition) is 0. The Morgan fingerprint density at radius 3 is 2.36 bits per heavy atom. The molecule has 0 spiro atoms. The lowest BCUT2D eigenvalue weighted by Gasteiger charge is -1.97. The molecule has 1 rings (SSSR count). The van der Waals surface area contributed by atoms with E-state index in [1.807, 2.05) is 0 Å². The molecule has 0 unspecified atom stereocenters. The molecule has 0 N–H and O–H groups in total. The summed E-state index contributed by atoms with van der Waals surface area (Å²) in [7, 11) is -3.02. The van der Waals surface area contributed by atoms with Crippen LogP contribution in [0.1, 0.15) is 6.92 Å². The zero-order valence-electron chi connectivity index (χ0n) is 6.24. The van der Waals surface area contributed by atoms with Crippen molar-refractivity contribution in [3.63, 3.8) is 0 Å².